The van der Waals surface area contributed by atoms with Gasteiger partial charge in [-0.3, -0.25) is 9.67 Å². The third kappa shape index (κ3) is 7.03. The van der Waals surface area contributed by atoms with E-state index in [9.17, 15) is 5.11 Å². The number of phenols is 1. The zero-order valence-corrected chi connectivity index (χ0v) is 20.5. The summed E-state index contributed by atoms with van der Waals surface area (Å²) in [6, 6.07) is 15.0. The largest absolute Gasteiger partial charge is 0.508 e. The summed E-state index contributed by atoms with van der Waals surface area (Å²) in [5, 5.41) is 21.8. The minimum absolute atomic E-state index is 0. The molecule has 2 aromatic carbocycles. The molecule has 166 valence electrons. The predicted molar refractivity (Wildman–Crippen MR) is 135 cm³/mol. The number of hydrogen-bond donors (Lipinski definition) is 3. The molecule has 1 atom stereocenters. The van der Waals surface area contributed by atoms with Crippen LogP contribution in [0.15, 0.2) is 65.9 Å². The Morgan fingerprint density at radius 1 is 1.23 bits per heavy atom. The molecule has 1 unspecified atom stereocenters. The van der Waals surface area contributed by atoms with Crippen molar-refractivity contribution >= 4 is 41.5 Å². The molecule has 0 radical (unpaired) electrons. The molecule has 3 rings (SSSR count). The molecule has 7 nitrogen and oxygen atoms in total. The lowest BCUT2D eigenvalue weighted by Gasteiger charge is -2.21. The van der Waals surface area contributed by atoms with Crippen LogP contribution in [0.3, 0.4) is 0 Å². The maximum absolute atomic E-state index is 10.1. The Morgan fingerprint density at radius 3 is 2.61 bits per heavy atom. The first-order chi connectivity index (χ1) is 14.6. The number of ether oxygens (including phenoxy) is 1. The van der Waals surface area contributed by atoms with Crippen LogP contribution in [-0.2, 0) is 6.42 Å². The molecule has 0 amide bonds. The molecule has 3 N–H and O–H groups in total. The second-order valence-electron chi connectivity index (χ2n) is 6.68. The van der Waals surface area contributed by atoms with E-state index in [1.54, 1.807) is 26.4 Å². The highest BCUT2D eigenvalue weighted by Gasteiger charge is 2.15. The highest BCUT2D eigenvalue weighted by molar-refractivity contribution is 14.0. The van der Waals surface area contributed by atoms with Gasteiger partial charge >= 0.3 is 0 Å². The highest BCUT2D eigenvalue weighted by atomic mass is 127. The van der Waals surface area contributed by atoms with E-state index < -0.39 is 0 Å². The topological polar surface area (TPSA) is 83.7 Å². The third-order valence-electron chi connectivity index (χ3n) is 4.76. The van der Waals surface area contributed by atoms with Crippen LogP contribution in [0.1, 0.15) is 17.2 Å². The van der Waals surface area contributed by atoms with Gasteiger partial charge in [0.25, 0.3) is 0 Å². The molecule has 3 aromatic rings. The number of methoxy groups -OCH3 is 1. The van der Waals surface area contributed by atoms with Gasteiger partial charge < -0.3 is 20.5 Å². The van der Waals surface area contributed by atoms with E-state index in [0.717, 1.165) is 11.1 Å². The first-order valence-electron chi connectivity index (χ1n) is 9.65. The van der Waals surface area contributed by atoms with Crippen molar-refractivity contribution in [3.63, 3.8) is 0 Å². The van der Waals surface area contributed by atoms with Crippen LogP contribution in [0.2, 0.25) is 5.02 Å². The van der Waals surface area contributed by atoms with E-state index in [4.69, 9.17) is 16.3 Å². The van der Waals surface area contributed by atoms with Crippen molar-refractivity contribution in [1.82, 2.24) is 20.4 Å². The van der Waals surface area contributed by atoms with Gasteiger partial charge in [-0.05, 0) is 41.8 Å². The average molecular weight is 556 g/mol. The first-order valence-corrected chi connectivity index (χ1v) is 10.0. The molecular formula is C22H27ClIN5O2. The SMILES string of the molecule is CN=C(NCCc1ccc(OC)cc1O)NCC(c1ccc(Cl)cc1)n1cccn1.I. The summed E-state index contributed by atoms with van der Waals surface area (Å²) in [4.78, 5) is 4.29. The van der Waals surface area contributed by atoms with Crippen molar-refractivity contribution in [3.8, 4) is 11.5 Å². The van der Waals surface area contributed by atoms with Gasteiger partial charge in [0.1, 0.15) is 11.5 Å². The lowest BCUT2D eigenvalue weighted by molar-refractivity contribution is 0.406. The fourth-order valence-corrected chi connectivity index (χ4v) is 3.25. The van der Waals surface area contributed by atoms with Gasteiger partial charge in [0, 0.05) is 43.6 Å². The number of hydrogen-bond acceptors (Lipinski definition) is 4. The Hall–Kier alpha value is -2.46. The van der Waals surface area contributed by atoms with Crippen LogP contribution in [0.25, 0.3) is 0 Å². The van der Waals surface area contributed by atoms with Gasteiger partial charge in [0.15, 0.2) is 5.96 Å². The monoisotopic (exact) mass is 555 g/mol. The maximum Gasteiger partial charge on any atom is 0.191 e. The van der Waals surface area contributed by atoms with E-state index in [1.165, 1.54) is 0 Å². The van der Waals surface area contributed by atoms with E-state index in [0.29, 0.717) is 36.2 Å². The maximum atomic E-state index is 10.1. The second-order valence-corrected chi connectivity index (χ2v) is 7.11. The Balaban J connectivity index is 0.00000341. The molecule has 0 bridgehead atoms. The van der Waals surface area contributed by atoms with Crippen LogP contribution >= 0.6 is 35.6 Å². The second kappa shape index (κ2) is 12.4. The number of aliphatic imine (C=N–C) groups is 1. The van der Waals surface area contributed by atoms with Crippen molar-refractivity contribution in [1.29, 1.82) is 0 Å². The van der Waals surface area contributed by atoms with Crippen molar-refractivity contribution in [3.05, 3.63) is 77.1 Å². The molecule has 9 heteroatoms. The Bertz CT molecular complexity index is 965. The normalized spacial score (nSPS) is 12.0. The lowest BCUT2D eigenvalue weighted by Crippen LogP contribution is -2.41. The van der Waals surface area contributed by atoms with Crippen LogP contribution in [0.5, 0.6) is 11.5 Å². The molecular weight excluding hydrogens is 529 g/mol. The molecule has 0 aliphatic rings. The molecule has 31 heavy (non-hydrogen) atoms. The number of phenolic OH excluding ortho intramolecular Hbond substituents is 1. The van der Waals surface area contributed by atoms with Gasteiger partial charge in [-0.2, -0.15) is 5.10 Å². The highest BCUT2D eigenvalue weighted by Crippen LogP contribution is 2.23. The van der Waals surface area contributed by atoms with Crippen LogP contribution in [0, 0.1) is 0 Å². The fourth-order valence-electron chi connectivity index (χ4n) is 3.13. The number of aromatic hydroxyl groups is 1. The van der Waals surface area contributed by atoms with E-state index >= 15 is 0 Å². The number of rotatable bonds is 8. The van der Waals surface area contributed by atoms with Gasteiger partial charge in [0.05, 0.1) is 13.2 Å². The zero-order chi connectivity index (χ0) is 21.3. The fraction of sp³-hybridized carbons (Fsp3) is 0.273. The summed E-state index contributed by atoms with van der Waals surface area (Å²) in [7, 11) is 3.30. The van der Waals surface area contributed by atoms with E-state index in [-0.39, 0.29) is 35.8 Å². The standard InChI is InChI=1S/C22H26ClN5O2.HI/c1-24-22(25-12-10-17-6-9-19(30-2)14-21(17)29)26-15-20(28-13-3-11-27-28)16-4-7-18(23)8-5-16;/h3-9,11,13-14,20,29H,10,12,15H2,1-2H3,(H2,24,25,26);1H. The minimum atomic E-state index is -0.0125. The molecule has 1 aromatic heterocycles. The number of halogens is 2. The van der Waals surface area contributed by atoms with E-state index in [1.807, 2.05) is 53.3 Å². The average Bonchev–Trinajstić information content (AvgIpc) is 3.29. The Kier molecular flexibility index (Phi) is 9.93. The number of benzene rings is 2. The summed E-state index contributed by atoms with van der Waals surface area (Å²) in [5.74, 6) is 1.53. The Morgan fingerprint density at radius 2 is 2.00 bits per heavy atom. The van der Waals surface area contributed by atoms with Crippen LogP contribution < -0.4 is 15.4 Å². The summed E-state index contributed by atoms with van der Waals surface area (Å²) < 4.78 is 7.02. The van der Waals surface area contributed by atoms with Crippen molar-refractivity contribution < 1.29 is 9.84 Å². The summed E-state index contributed by atoms with van der Waals surface area (Å²) in [5.41, 5.74) is 1.93. The van der Waals surface area contributed by atoms with Crippen molar-refractivity contribution in [2.45, 2.75) is 12.5 Å². The zero-order valence-electron chi connectivity index (χ0n) is 17.5. The number of aromatic nitrogens is 2. The van der Waals surface area contributed by atoms with Gasteiger partial charge in [-0.15, -0.1) is 24.0 Å². The molecule has 0 aliphatic heterocycles. The summed E-state index contributed by atoms with van der Waals surface area (Å²) in [6.07, 6.45) is 4.34. The molecule has 1 heterocycles. The quantitative estimate of drug-likeness (QED) is 0.223. The van der Waals surface area contributed by atoms with Gasteiger partial charge in [0.2, 0.25) is 0 Å². The third-order valence-corrected chi connectivity index (χ3v) is 5.02. The first kappa shape index (κ1) is 24.8. The van der Waals surface area contributed by atoms with Crippen molar-refractivity contribution in [2.24, 2.45) is 4.99 Å². The predicted octanol–water partition coefficient (Wildman–Crippen LogP) is 3.87. The van der Waals surface area contributed by atoms with Gasteiger partial charge in [-0.1, -0.05) is 29.8 Å². The number of nitrogens with zero attached hydrogens (tertiary/aromatic N) is 3. The smallest absolute Gasteiger partial charge is 0.191 e. The summed E-state index contributed by atoms with van der Waals surface area (Å²) >= 11 is 6.04. The molecule has 0 aliphatic carbocycles. The van der Waals surface area contributed by atoms with Crippen LogP contribution in [0.4, 0.5) is 0 Å². The van der Waals surface area contributed by atoms with Crippen molar-refractivity contribution in [2.75, 3.05) is 27.2 Å². The lowest BCUT2D eigenvalue weighted by atomic mass is 10.1. The minimum Gasteiger partial charge on any atom is -0.508 e. The molecule has 0 fully saturated rings. The molecule has 0 saturated carbocycles. The molecule has 0 saturated heterocycles. The summed E-state index contributed by atoms with van der Waals surface area (Å²) in [6.45, 7) is 1.21. The number of guanidine groups is 1. The molecule has 0 spiro atoms. The number of nitrogens with one attached hydrogen (secondary N) is 2. The van der Waals surface area contributed by atoms with Crippen LogP contribution in [-0.4, -0.2) is 48.1 Å². The Labute approximate surface area is 204 Å². The van der Waals surface area contributed by atoms with Gasteiger partial charge in [-0.25, -0.2) is 0 Å². The van der Waals surface area contributed by atoms with E-state index in [2.05, 4.69) is 20.7 Å².